The fraction of sp³-hybridized carbons (Fsp3) is 0.387. The van der Waals surface area contributed by atoms with Crippen molar-refractivity contribution in [3.63, 3.8) is 0 Å². The van der Waals surface area contributed by atoms with Crippen LogP contribution in [0.1, 0.15) is 71.1 Å². The molecule has 0 aromatic heterocycles. The summed E-state index contributed by atoms with van der Waals surface area (Å²) >= 11 is 11.8. The Hall–Kier alpha value is -2.02. The summed E-state index contributed by atoms with van der Waals surface area (Å²) < 4.78 is 12.3. The van der Waals surface area contributed by atoms with Crippen LogP contribution in [0.3, 0.4) is 0 Å². The second kappa shape index (κ2) is 12.0. The van der Waals surface area contributed by atoms with E-state index < -0.39 is 11.2 Å². The van der Waals surface area contributed by atoms with Crippen LogP contribution < -0.4 is 0 Å². The molecular formula is C31H34Cl2N2O2S. The zero-order valence-electron chi connectivity index (χ0n) is 21.9. The van der Waals surface area contributed by atoms with Crippen LogP contribution >= 0.6 is 23.2 Å². The number of rotatable bonds is 8. The second-order valence-electron chi connectivity index (χ2n) is 10.3. The summed E-state index contributed by atoms with van der Waals surface area (Å²) in [5, 5.41) is 1.09. The molecule has 3 aromatic carbocycles. The van der Waals surface area contributed by atoms with E-state index in [1.165, 1.54) is 5.56 Å². The van der Waals surface area contributed by atoms with E-state index >= 15 is 0 Å². The number of carbonyl (C=O) groups excluding carboxylic acids is 1. The first-order valence-corrected chi connectivity index (χ1v) is 15.7. The number of carbonyl (C=O) groups is 1. The zero-order chi connectivity index (χ0) is 26.8. The fourth-order valence-corrected chi connectivity index (χ4v) is 7.43. The van der Waals surface area contributed by atoms with Crippen molar-refractivity contribution in [3.8, 4) is 0 Å². The fourth-order valence-electron chi connectivity index (χ4n) is 6.29. The van der Waals surface area contributed by atoms with Crippen molar-refractivity contribution in [1.29, 1.82) is 0 Å². The molecule has 3 atom stereocenters. The Labute approximate surface area is 239 Å². The van der Waals surface area contributed by atoms with Gasteiger partial charge in [-0.05, 0) is 98.3 Å². The van der Waals surface area contributed by atoms with E-state index in [0.717, 1.165) is 60.5 Å². The highest BCUT2D eigenvalue weighted by Gasteiger charge is 2.41. The van der Waals surface area contributed by atoms with Gasteiger partial charge in [0.1, 0.15) is 6.26 Å². The predicted octanol–water partition coefficient (Wildman–Crippen LogP) is 7.30. The monoisotopic (exact) mass is 568 g/mol. The first kappa shape index (κ1) is 27.5. The molecule has 0 saturated carbocycles. The molecule has 1 fully saturated rings. The maximum Gasteiger partial charge on any atom is 0.254 e. The normalized spacial score (nSPS) is 20.0. The van der Waals surface area contributed by atoms with Gasteiger partial charge in [0.2, 0.25) is 0 Å². The number of benzene rings is 3. The Morgan fingerprint density at radius 1 is 0.974 bits per heavy atom. The third kappa shape index (κ3) is 5.50. The van der Waals surface area contributed by atoms with Gasteiger partial charge >= 0.3 is 0 Å². The van der Waals surface area contributed by atoms with Gasteiger partial charge in [0, 0.05) is 23.6 Å². The molecule has 0 unspecified atom stereocenters. The minimum atomic E-state index is -0.979. The molecule has 7 heteroatoms. The van der Waals surface area contributed by atoms with Crippen LogP contribution in [0, 0.1) is 0 Å². The van der Waals surface area contributed by atoms with E-state index in [0.29, 0.717) is 22.5 Å². The summed E-state index contributed by atoms with van der Waals surface area (Å²) in [7, 11) is 0. The summed E-state index contributed by atoms with van der Waals surface area (Å²) in [5.74, 6) is 0.636. The highest BCUT2D eigenvalue weighted by Crippen LogP contribution is 2.45. The third-order valence-electron chi connectivity index (χ3n) is 8.21. The summed E-state index contributed by atoms with van der Waals surface area (Å²) in [6.45, 7) is 5.64. The number of nitrogens with zero attached hydrogens (tertiary/aromatic N) is 2. The molecule has 0 aliphatic carbocycles. The lowest BCUT2D eigenvalue weighted by molar-refractivity contribution is 0.0703. The molecule has 0 radical (unpaired) electrons. The Balaban J connectivity index is 1.35. The summed E-state index contributed by atoms with van der Waals surface area (Å²) in [6, 6.07) is 22.0. The highest BCUT2D eigenvalue weighted by atomic mass is 35.5. The summed E-state index contributed by atoms with van der Waals surface area (Å²) in [4.78, 5) is 18.8. The molecule has 0 bridgehead atoms. The number of amides is 1. The Bertz CT molecular complexity index is 1290. The highest BCUT2D eigenvalue weighted by molar-refractivity contribution is 7.90. The van der Waals surface area contributed by atoms with Gasteiger partial charge < -0.3 is 14.4 Å². The largest absolute Gasteiger partial charge is 0.612 e. The molecule has 5 rings (SSSR count). The van der Waals surface area contributed by atoms with E-state index in [2.05, 4.69) is 36.1 Å². The van der Waals surface area contributed by atoms with Crippen LogP contribution in [0.4, 0.5) is 0 Å². The molecule has 1 amide bonds. The molecule has 2 heterocycles. The predicted molar refractivity (Wildman–Crippen MR) is 157 cm³/mol. The molecule has 2 aliphatic rings. The molecule has 3 aromatic rings. The van der Waals surface area contributed by atoms with Gasteiger partial charge in [-0.15, -0.1) is 0 Å². The second-order valence-corrected chi connectivity index (χ2v) is 12.5. The molecule has 4 nitrogen and oxygen atoms in total. The van der Waals surface area contributed by atoms with Crippen molar-refractivity contribution >= 4 is 40.3 Å². The van der Waals surface area contributed by atoms with E-state index in [-0.39, 0.29) is 17.9 Å². The van der Waals surface area contributed by atoms with Gasteiger partial charge in [-0.3, -0.25) is 4.79 Å². The van der Waals surface area contributed by atoms with Crippen molar-refractivity contribution in [2.24, 2.45) is 0 Å². The van der Waals surface area contributed by atoms with E-state index in [1.54, 1.807) is 6.26 Å². The number of hydrogen-bond donors (Lipinski definition) is 0. The van der Waals surface area contributed by atoms with E-state index in [4.69, 9.17) is 23.2 Å². The van der Waals surface area contributed by atoms with Crippen LogP contribution in [0.15, 0.2) is 71.6 Å². The number of piperidine rings is 1. The first-order chi connectivity index (χ1) is 18.4. The number of halogens is 2. The average Bonchev–Trinajstić information content (AvgIpc) is 3.22. The van der Waals surface area contributed by atoms with Crippen molar-refractivity contribution in [2.45, 2.75) is 49.0 Å². The summed E-state index contributed by atoms with van der Waals surface area (Å²) in [6.07, 6.45) is 4.78. The molecule has 0 spiro atoms. The van der Waals surface area contributed by atoms with Crippen molar-refractivity contribution < 1.29 is 9.35 Å². The smallest absolute Gasteiger partial charge is 0.254 e. The maximum atomic E-state index is 13.3. The Morgan fingerprint density at radius 3 is 2.34 bits per heavy atom. The van der Waals surface area contributed by atoms with Crippen LogP contribution in [0.25, 0.3) is 0 Å². The molecule has 1 saturated heterocycles. The van der Waals surface area contributed by atoms with Crippen molar-refractivity contribution in [2.75, 3.05) is 32.4 Å². The van der Waals surface area contributed by atoms with Gasteiger partial charge in [-0.1, -0.05) is 65.7 Å². The molecule has 200 valence electrons. The van der Waals surface area contributed by atoms with Crippen LogP contribution in [-0.4, -0.2) is 52.7 Å². The molecule has 0 N–H and O–H groups in total. The van der Waals surface area contributed by atoms with Gasteiger partial charge in [0.15, 0.2) is 4.90 Å². The third-order valence-corrected chi connectivity index (χ3v) is 9.94. The quantitative estimate of drug-likeness (QED) is 0.268. The van der Waals surface area contributed by atoms with E-state index in [9.17, 15) is 9.35 Å². The van der Waals surface area contributed by atoms with Crippen molar-refractivity contribution in [3.05, 3.63) is 99.0 Å². The number of hydrogen-bond acceptors (Lipinski definition) is 3. The SMILES string of the molecule is CCN1C(=O)c2ccccc2[C@H]1[C@@H](CCN1CCC(c2ccccc2[S@+](C)[O-])CC1)c1ccc(Cl)c(Cl)c1. The standard InChI is InChI=1S/C31H34Cl2N2O2S/c1-3-35-30(25-9-4-5-10-26(25)31(35)36)24(22-12-13-27(32)28(33)20-22)16-19-34-17-14-21(15-18-34)23-8-6-7-11-29(23)38(2)37/h4-13,20-21,24,30H,3,14-19H2,1-2H3/t24-,30+,38-/m0/s1. The molecule has 38 heavy (non-hydrogen) atoms. The number of likely N-dealkylation sites (tertiary alicyclic amines) is 1. The topological polar surface area (TPSA) is 46.6 Å². The van der Waals surface area contributed by atoms with Crippen molar-refractivity contribution in [1.82, 2.24) is 9.80 Å². The minimum absolute atomic E-state index is 0.0371. The van der Waals surface area contributed by atoms with Crippen LogP contribution in [0.2, 0.25) is 10.0 Å². The zero-order valence-corrected chi connectivity index (χ0v) is 24.2. The lowest BCUT2D eigenvalue weighted by Crippen LogP contribution is -2.36. The van der Waals surface area contributed by atoms with Gasteiger partial charge in [0.05, 0.1) is 16.1 Å². The van der Waals surface area contributed by atoms with Gasteiger partial charge in [-0.2, -0.15) is 0 Å². The Kier molecular flexibility index (Phi) is 8.71. The molecule has 2 aliphatic heterocycles. The minimum Gasteiger partial charge on any atom is -0.612 e. The van der Waals surface area contributed by atoms with Crippen LogP contribution in [0.5, 0.6) is 0 Å². The number of fused-ring (bicyclic) bond motifs is 1. The number of likely N-dealkylation sites (N-methyl/N-ethyl adjacent to an activating group) is 1. The van der Waals surface area contributed by atoms with Gasteiger partial charge in [-0.25, -0.2) is 0 Å². The lowest BCUT2D eigenvalue weighted by atomic mass is 9.83. The summed E-state index contributed by atoms with van der Waals surface area (Å²) in [5.41, 5.74) is 4.25. The lowest BCUT2D eigenvalue weighted by Gasteiger charge is -2.36. The van der Waals surface area contributed by atoms with Gasteiger partial charge in [0.25, 0.3) is 5.91 Å². The molecular weight excluding hydrogens is 535 g/mol. The Morgan fingerprint density at radius 2 is 1.66 bits per heavy atom. The maximum absolute atomic E-state index is 13.3. The first-order valence-electron chi connectivity index (χ1n) is 13.4. The van der Waals surface area contributed by atoms with E-state index in [1.807, 2.05) is 47.4 Å². The van der Waals surface area contributed by atoms with Crippen LogP contribution in [-0.2, 0) is 11.2 Å². The average molecular weight is 570 g/mol.